The van der Waals surface area contributed by atoms with Gasteiger partial charge in [-0.25, -0.2) is 4.79 Å². The standard InChI is InChI=1S/C4H7F3N2O/c1-9(3(8)10)2-4(5,6)7/h2H2,1H3,(H2,8,10). The highest BCUT2D eigenvalue weighted by molar-refractivity contribution is 5.71. The Bertz CT molecular complexity index is 133. The van der Waals surface area contributed by atoms with Crippen molar-refractivity contribution in [3.8, 4) is 0 Å². The van der Waals surface area contributed by atoms with E-state index in [9.17, 15) is 18.0 Å². The van der Waals surface area contributed by atoms with Crippen LogP contribution in [0.1, 0.15) is 0 Å². The number of rotatable bonds is 1. The van der Waals surface area contributed by atoms with Crippen LogP contribution in [0.15, 0.2) is 0 Å². The van der Waals surface area contributed by atoms with Crippen LogP contribution in [0.5, 0.6) is 0 Å². The van der Waals surface area contributed by atoms with Gasteiger partial charge in [0.2, 0.25) is 0 Å². The molecule has 0 aromatic carbocycles. The third-order valence-corrected chi connectivity index (χ3v) is 0.793. The maximum absolute atomic E-state index is 11.4. The summed E-state index contributed by atoms with van der Waals surface area (Å²) in [7, 11) is 0.982. The molecule has 10 heavy (non-hydrogen) atoms. The third-order valence-electron chi connectivity index (χ3n) is 0.793. The lowest BCUT2D eigenvalue weighted by Crippen LogP contribution is -2.39. The number of nitrogens with two attached hydrogens (primary N) is 1. The van der Waals surface area contributed by atoms with E-state index in [2.05, 4.69) is 5.73 Å². The molecule has 0 aliphatic heterocycles. The van der Waals surface area contributed by atoms with Crippen molar-refractivity contribution in [1.82, 2.24) is 4.90 Å². The van der Waals surface area contributed by atoms with Crippen LogP contribution >= 0.6 is 0 Å². The second-order valence-electron chi connectivity index (χ2n) is 1.81. The molecule has 60 valence electrons. The monoisotopic (exact) mass is 156 g/mol. The van der Waals surface area contributed by atoms with E-state index in [1.807, 2.05) is 0 Å². The molecule has 6 heteroatoms. The van der Waals surface area contributed by atoms with Crippen molar-refractivity contribution in [1.29, 1.82) is 0 Å². The number of carbonyl (C=O) groups excluding carboxylic acids is 1. The van der Waals surface area contributed by atoms with Crippen LogP contribution in [0, 0.1) is 0 Å². The van der Waals surface area contributed by atoms with E-state index >= 15 is 0 Å². The van der Waals surface area contributed by atoms with Crippen molar-refractivity contribution >= 4 is 6.03 Å². The molecule has 3 nitrogen and oxygen atoms in total. The molecule has 0 aliphatic carbocycles. The van der Waals surface area contributed by atoms with Gasteiger partial charge in [-0.05, 0) is 0 Å². The fourth-order valence-electron chi connectivity index (χ4n) is 0.347. The molecule has 0 unspecified atom stereocenters. The quantitative estimate of drug-likeness (QED) is 0.592. The maximum Gasteiger partial charge on any atom is 0.406 e. The first-order valence-corrected chi connectivity index (χ1v) is 2.40. The molecule has 0 rings (SSSR count). The van der Waals surface area contributed by atoms with Gasteiger partial charge in [0, 0.05) is 7.05 Å². The first-order chi connectivity index (χ1) is 4.33. The van der Waals surface area contributed by atoms with Crippen molar-refractivity contribution in [2.45, 2.75) is 6.18 Å². The van der Waals surface area contributed by atoms with E-state index in [1.165, 1.54) is 0 Å². The molecule has 0 spiro atoms. The van der Waals surface area contributed by atoms with Gasteiger partial charge in [-0.1, -0.05) is 0 Å². The van der Waals surface area contributed by atoms with Crippen LogP contribution < -0.4 is 5.73 Å². The van der Waals surface area contributed by atoms with E-state index in [4.69, 9.17) is 0 Å². The van der Waals surface area contributed by atoms with Crippen molar-refractivity contribution in [3.63, 3.8) is 0 Å². The number of carbonyl (C=O) groups is 1. The molecule has 2 N–H and O–H groups in total. The molecule has 0 saturated carbocycles. The zero-order valence-corrected chi connectivity index (χ0v) is 5.27. The first kappa shape index (κ1) is 9.06. The number of hydrogen-bond acceptors (Lipinski definition) is 1. The largest absolute Gasteiger partial charge is 0.406 e. The molecular formula is C4H7F3N2O. The van der Waals surface area contributed by atoms with E-state index in [1.54, 1.807) is 0 Å². The summed E-state index contributed by atoms with van der Waals surface area (Å²) in [6, 6.07) is -1.09. The number of amides is 2. The van der Waals surface area contributed by atoms with Gasteiger partial charge in [-0.15, -0.1) is 0 Å². The Morgan fingerprint density at radius 3 is 2.10 bits per heavy atom. The fourth-order valence-corrected chi connectivity index (χ4v) is 0.347. The van der Waals surface area contributed by atoms with Crippen LogP contribution in [-0.2, 0) is 0 Å². The van der Waals surface area contributed by atoms with Crippen LogP contribution in [0.3, 0.4) is 0 Å². The van der Waals surface area contributed by atoms with Crippen LogP contribution in [0.2, 0.25) is 0 Å². The van der Waals surface area contributed by atoms with Crippen molar-refractivity contribution in [2.75, 3.05) is 13.6 Å². The average molecular weight is 156 g/mol. The third kappa shape index (κ3) is 3.99. The number of alkyl halides is 3. The minimum atomic E-state index is -4.37. The summed E-state index contributed by atoms with van der Waals surface area (Å²) in [6.45, 7) is -1.30. The Morgan fingerprint density at radius 2 is 2.00 bits per heavy atom. The van der Waals surface area contributed by atoms with Gasteiger partial charge in [0.15, 0.2) is 0 Å². The first-order valence-electron chi connectivity index (χ1n) is 2.40. The SMILES string of the molecule is CN(CC(F)(F)F)C(N)=O. The molecule has 0 atom stereocenters. The topological polar surface area (TPSA) is 46.3 Å². The molecular weight excluding hydrogens is 149 g/mol. The lowest BCUT2D eigenvalue weighted by molar-refractivity contribution is -0.137. The molecule has 0 heterocycles. The second kappa shape index (κ2) is 2.76. The van der Waals surface area contributed by atoms with Gasteiger partial charge in [0.1, 0.15) is 6.54 Å². The Kier molecular flexibility index (Phi) is 2.50. The number of urea groups is 1. The molecule has 0 radical (unpaired) electrons. The molecule has 0 bridgehead atoms. The number of hydrogen-bond donors (Lipinski definition) is 1. The molecule has 2 amide bonds. The summed E-state index contributed by atoms with van der Waals surface area (Å²) >= 11 is 0. The van der Waals surface area contributed by atoms with E-state index in [0.29, 0.717) is 4.90 Å². The predicted molar refractivity (Wildman–Crippen MR) is 28.3 cm³/mol. The van der Waals surface area contributed by atoms with Gasteiger partial charge in [-0.3, -0.25) is 0 Å². The lowest BCUT2D eigenvalue weighted by atomic mass is 10.6. The normalized spacial score (nSPS) is 11.2. The highest BCUT2D eigenvalue weighted by Gasteiger charge is 2.30. The Labute approximate surface area is 55.6 Å². The van der Waals surface area contributed by atoms with Gasteiger partial charge in [0.05, 0.1) is 0 Å². The van der Waals surface area contributed by atoms with E-state index in [-0.39, 0.29) is 0 Å². The van der Waals surface area contributed by atoms with Gasteiger partial charge < -0.3 is 10.6 Å². The average Bonchev–Trinajstić information content (AvgIpc) is 1.60. The number of primary amides is 1. The number of nitrogens with zero attached hydrogens (tertiary/aromatic N) is 1. The van der Waals surface area contributed by atoms with Gasteiger partial charge in [0.25, 0.3) is 0 Å². The summed E-state index contributed by atoms with van der Waals surface area (Å²) in [6.07, 6.45) is -4.37. The van der Waals surface area contributed by atoms with E-state index < -0.39 is 18.8 Å². The summed E-state index contributed by atoms with van der Waals surface area (Å²) in [5.74, 6) is 0. The summed E-state index contributed by atoms with van der Waals surface area (Å²) in [5, 5.41) is 0. The van der Waals surface area contributed by atoms with Crippen molar-refractivity contribution in [2.24, 2.45) is 5.73 Å². The van der Waals surface area contributed by atoms with Gasteiger partial charge >= 0.3 is 12.2 Å². The molecule has 0 fully saturated rings. The Hall–Kier alpha value is -0.940. The zero-order chi connectivity index (χ0) is 8.36. The Morgan fingerprint density at radius 1 is 1.60 bits per heavy atom. The summed E-state index contributed by atoms with van der Waals surface area (Å²) < 4.78 is 34.3. The lowest BCUT2D eigenvalue weighted by Gasteiger charge is -2.15. The van der Waals surface area contributed by atoms with Crippen molar-refractivity contribution < 1.29 is 18.0 Å². The minimum Gasteiger partial charge on any atom is -0.351 e. The van der Waals surface area contributed by atoms with Crippen molar-refractivity contribution in [3.05, 3.63) is 0 Å². The maximum atomic E-state index is 11.4. The zero-order valence-electron chi connectivity index (χ0n) is 5.27. The molecule has 0 aromatic heterocycles. The molecule has 0 aromatic rings. The number of halogens is 3. The Balaban J connectivity index is 3.80. The minimum absolute atomic E-state index is 0.389. The highest BCUT2D eigenvalue weighted by atomic mass is 19.4. The smallest absolute Gasteiger partial charge is 0.351 e. The molecule has 0 aliphatic rings. The van der Waals surface area contributed by atoms with Gasteiger partial charge in [-0.2, -0.15) is 13.2 Å². The van der Waals surface area contributed by atoms with Crippen LogP contribution in [0.4, 0.5) is 18.0 Å². The van der Waals surface area contributed by atoms with Crippen LogP contribution in [0.25, 0.3) is 0 Å². The summed E-state index contributed by atoms with van der Waals surface area (Å²) in [4.78, 5) is 10.4. The molecule has 0 saturated heterocycles. The second-order valence-corrected chi connectivity index (χ2v) is 1.81. The summed E-state index contributed by atoms with van der Waals surface area (Å²) in [5.41, 5.74) is 4.53. The highest BCUT2D eigenvalue weighted by Crippen LogP contribution is 2.14. The fraction of sp³-hybridized carbons (Fsp3) is 0.750. The predicted octanol–water partition coefficient (Wildman–Crippen LogP) is 0.559. The van der Waals surface area contributed by atoms with E-state index in [0.717, 1.165) is 7.05 Å². The van der Waals surface area contributed by atoms with Crippen LogP contribution in [-0.4, -0.2) is 30.7 Å².